The number of likely N-dealkylation sites (N-methyl/N-ethyl adjacent to an activating group) is 1. The third kappa shape index (κ3) is 9.98. The average Bonchev–Trinajstić information content (AvgIpc) is 3.30. The van der Waals surface area contributed by atoms with Crippen LogP contribution in [0.15, 0.2) is 65.3 Å². The molecule has 1 aliphatic heterocycles. The Labute approximate surface area is 235 Å². The molecule has 1 unspecified atom stereocenters. The summed E-state index contributed by atoms with van der Waals surface area (Å²) in [5.74, 6) is 1.10. The van der Waals surface area contributed by atoms with E-state index in [1.54, 1.807) is 25.2 Å². The number of nitrogen functional groups attached to an aromatic ring is 1. The fraction of sp³-hybridized carbons (Fsp3) is 0.469. The number of nitrogens with zero attached hydrogens (tertiary/aromatic N) is 5. The molecule has 4 rings (SSSR count). The topological polar surface area (TPSA) is 79.8 Å². The zero-order valence-corrected chi connectivity index (χ0v) is 25.0. The number of aliphatic imine (C=N–C) groups is 1. The number of amides is 1. The molecule has 7 nitrogen and oxygen atoms in total. The Hall–Kier alpha value is -3.45. The summed E-state index contributed by atoms with van der Waals surface area (Å²) < 4.78 is 2.18. The van der Waals surface area contributed by atoms with E-state index < -0.39 is 0 Å². The van der Waals surface area contributed by atoms with Crippen LogP contribution in [0.4, 0.5) is 11.5 Å². The minimum absolute atomic E-state index is 0.134. The lowest BCUT2D eigenvalue weighted by Gasteiger charge is -2.33. The molecule has 0 saturated carbocycles. The van der Waals surface area contributed by atoms with Crippen LogP contribution >= 0.6 is 0 Å². The summed E-state index contributed by atoms with van der Waals surface area (Å²) in [4.78, 5) is 24.5. The number of carbonyl (C=O) groups is 1. The Balaban J connectivity index is 0.000000343. The lowest BCUT2D eigenvalue weighted by Crippen LogP contribution is -2.37. The van der Waals surface area contributed by atoms with Crippen LogP contribution in [0.1, 0.15) is 71.2 Å². The number of carbonyl (C=O) groups excluding carboxylic acids is 1. The molecule has 2 N–H and O–H groups in total. The van der Waals surface area contributed by atoms with Crippen molar-refractivity contribution in [2.45, 2.75) is 72.4 Å². The van der Waals surface area contributed by atoms with Gasteiger partial charge in [-0.05, 0) is 82.0 Å². The van der Waals surface area contributed by atoms with Crippen molar-refractivity contribution < 1.29 is 4.79 Å². The number of hydrogen-bond acceptors (Lipinski definition) is 5. The molecule has 1 aliphatic carbocycles. The monoisotopic (exact) mass is 532 g/mol. The predicted molar refractivity (Wildman–Crippen MR) is 166 cm³/mol. The highest BCUT2D eigenvalue weighted by Gasteiger charge is 2.19. The van der Waals surface area contributed by atoms with E-state index in [4.69, 9.17) is 5.73 Å². The third-order valence-electron chi connectivity index (χ3n) is 6.92. The first-order chi connectivity index (χ1) is 18.8. The van der Waals surface area contributed by atoms with Crippen LogP contribution in [0, 0.1) is 0 Å². The highest BCUT2D eigenvalue weighted by atomic mass is 16.2. The largest absolute Gasteiger partial charge is 0.397 e. The van der Waals surface area contributed by atoms with Crippen molar-refractivity contribution in [3.8, 4) is 0 Å². The van der Waals surface area contributed by atoms with Gasteiger partial charge in [0, 0.05) is 51.2 Å². The van der Waals surface area contributed by atoms with Crippen LogP contribution in [-0.2, 0) is 18.4 Å². The maximum absolute atomic E-state index is 11.3. The molecule has 2 aromatic heterocycles. The minimum atomic E-state index is 0.134. The lowest BCUT2D eigenvalue weighted by atomic mass is 10.0. The van der Waals surface area contributed by atoms with Crippen molar-refractivity contribution in [2.75, 3.05) is 26.4 Å². The van der Waals surface area contributed by atoms with Gasteiger partial charge in [0.05, 0.1) is 17.6 Å². The fourth-order valence-electron chi connectivity index (χ4n) is 4.45. The maximum Gasteiger partial charge on any atom is 0.249 e. The molecule has 0 radical (unpaired) electrons. The van der Waals surface area contributed by atoms with Crippen LogP contribution < -0.4 is 5.73 Å². The summed E-state index contributed by atoms with van der Waals surface area (Å²) in [6.45, 7) is 10.6. The molecule has 2 aromatic rings. The number of rotatable bonds is 6. The van der Waals surface area contributed by atoms with Crippen molar-refractivity contribution in [1.29, 1.82) is 0 Å². The van der Waals surface area contributed by atoms with Crippen LogP contribution in [0.25, 0.3) is 5.57 Å². The van der Waals surface area contributed by atoms with Crippen LogP contribution in [0.5, 0.6) is 0 Å². The second-order valence-corrected chi connectivity index (χ2v) is 10.0. The quantitative estimate of drug-likeness (QED) is 0.427. The van der Waals surface area contributed by atoms with Gasteiger partial charge in [0.2, 0.25) is 5.91 Å². The van der Waals surface area contributed by atoms with E-state index in [-0.39, 0.29) is 5.91 Å². The SMILES string of the molecule is C/C(=C\C=N/c1ccc(CN2CCCCC2C)n1C)c1ccc(N)cn1.CC.CN(C)C(=O)C1=CC=CCC1. The van der Waals surface area contributed by atoms with Crippen molar-refractivity contribution in [2.24, 2.45) is 12.0 Å². The average molecular weight is 533 g/mol. The number of hydrogen-bond donors (Lipinski definition) is 1. The molecule has 7 heteroatoms. The van der Waals surface area contributed by atoms with E-state index in [0.717, 1.165) is 42.0 Å². The number of anilines is 1. The Morgan fingerprint density at radius 3 is 2.59 bits per heavy atom. The van der Waals surface area contributed by atoms with E-state index in [0.29, 0.717) is 11.7 Å². The number of pyridine rings is 1. The van der Waals surface area contributed by atoms with Gasteiger partial charge >= 0.3 is 0 Å². The highest BCUT2D eigenvalue weighted by molar-refractivity contribution is 5.93. The van der Waals surface area contributed by atoms with E-state index in [1.165, 1.54) is 31.5 Å². The number of allylic oxidation sites excluding steroid dienone is 5. The molecule has 39 heavy (non-hydrogen) atoms. The number of nitrogens with two attached hydrogens (primary N) is 1. The molecule has 0 aromatic carbocycles. The Bertz CT molecular complexity index is 1150. The molecular formula is C32H48N6O. The van der Waals surface area contributed by atoms with Crippen molar-refractivity contribution in [1.82, 2.24) is 19.4 Å². The molecule has 1 saturated heterocycles. The van der Waals surface area contributed by atoms with Crippen molar-refractivity contribution in [3.05, 3.63) is 71.7 Å². The van der Waals surface area contributed by atoms with Crippen molar-refractivity contribution >= 4 is 29.2 Å². The molecule has 3 heterocycles. The summed E-state index contributed by atoms with van der Waals surface area (Å²) in [6, 6.07) is 8.73. The van der Waals surface area contributed by atoms with Gasteiger partial charge in [-0.15, -0.1) is 0 Å². The van der Waals surface area contributed by atoms with Crippen LogP contribution in [0.2, 0.25) is 0 Å². The van der Waals surface area contributed by atoms with Crippen LogP contribution in [0.3, 0.4) is 0 Å². The summed E-state index contributed by atoms with van der Waals surface area (Å²) in [5, 5.41) is 0. The Morgan fingerprint density at radius 1 is 1.21 bits per heavy atom. The number of aromatic nitrogens is 2. The van der Waals surface area contributed by atoms with E-state index >= 15 is 0 Å². The summed E-state index contributed by atoms with van der Waals surface area (Å²) >= 11 is 0. The third-order valence-corrected chi connectivity index (χ3v) is 6.92. The van der Waals surface area contributed by atoms with Gasteiger partial charge in [-0.25, -0.2) is 4.99 Å². The van der Waals surface area contributed by atoms with Crippen LogP contribution in [-0.4, -0.2) is 58.2 Å². The summed E-state index contributed by atoms with van der Waals surface area (Å²) in [7, 11) is 5.65. The highest BCUT2D eigenvalue weighted by Crippen LogP contribution is 2.22. The molecule has 1 atom stereocenters. The normalized spacial score (nSPS) is 17.6. The number of likely N-dealkylation sites (tertiary alicyclic amines) is 1. The van der Waals surface area contributed by atoms with Gasteiger partial charge in [0.15, 0.2) is 0 Å². The Kier molecular flexibility index (Phi) is 13.4. The fourth-order valence-corrected chi connectivity index (χ4v) is 4.45. The van der Waals surface area contributed by atoms with E-state index in [9.17, 15) is 4.79 Å². The van der Waals surface area contributed by atoms with Gasteiger partial charge in [0.1, 0.15) is 5.82 Å². The zero-order valence-electron chi connectivity index (χ0n) is 25.0. The lowest BCUT2D eigenvalue weighted by molar-refractivity contribution is -0.124. The molecule has 2 aliphatic rings. The van der Waals surface area contributed by atoms with Gasteiger partial charge in [-0.2, -0.15) is 0 Å². The molecule has 1 fully saturated rings. The van der Waals surface area contributed by atoms with Crippen molar-refractivity contribution in [3.63, 3.8) is 0 Å². The van der Waals surface area contributed by atoms with Gasteiger partial charge in [0.25, 0.3) is 0 Å². The van der Waals surface area contributed by atoms with Gasteiger partial charge < -0.3 is 15.2 Å². The maximum atomic E-state index is 11.3. The smallest absolute Gasteiger partial charge is 0.249 e. The molecule has 0 bridgehead atoms. The second kappa shape index (κ2) is 16.5. The molecule has 0 spiro atoms. The summed E-state index contributed by atoms with van der Waals surface area (Å²) in [6.07, 6.45) is 17.3. The molecular weight excluding hydrogens is 484 g/mol. The van der Waals surface area contributed by atoms with E-state index in [1.807, 2.05) is 57.3 Å². The second-order valence-electron chi connectivity index (χ2n) is 10.0. The van der Waals surface area contributed by atoms with Gasteiger partial charge in [-0.3, -0.25) is 14.7 Å². The first-order valence-corrected chi connectivity index (χ1v) is 14.1. The summed E-state index contributed by atoms with van der Waals surface area (Å²) in [5.41, 5.74) is 10.6. The zero-order chi connectivity index (χ0) is 28.8. The Morgan fingerprint density at radius 2 is 1.97 bits per heavy atom. The van der Waals surface area contributed by atoms with Gasteiger partial charge in [-0.1, -0.05) is 38.5 Å². The number of piperidine rings is 1. The standard InChI is InChI=1S/C21H29N5.C9H13NO.C2H6/c1-16(20-9-7-18(22)14-24-20)11-12-23-21-10-8-19(25(21)3)15-26-13-5-4-6-17(26)2;1-10(2)9(11)8-6-4-3-5-7-8;1-2/h7-12,14,17H,4-6,13,15,22H2,1-3H3;3-4,6H,5,7H2,1-2H3;1-2H3/b16-11+,23-12-;;. The first kappa shape index (κ1) is 31.8. The first-order valence-electron chi connectivity index (χ1n) is 14.1. The van der Waals surface area contributed by atoms with E-state index in [2.05, 4.69) is 51.6 Å². The minimum Gasteiger partial charge on any atom is -0.397 e. The molecule has 1 amide bonds. The predicted octanol–water partition coefficient (Wildman–Crippen LogP) is 6.56. The molecule has 212 valence electrons.